The van der Waals surface area contributed by atoms with Crippen LogP contribution in [0.15, 0.2) is 90.7 Å². The predicted octanol–water partition coefficient (Wildman–Crippen LogP) is 3.80. The number of nitrogens with zero attached hydrogens (tertiary/aromatic N) is 2. The van der Waals surface area contributed by atoms with E-state index in [9.17, 15) is 58.5 Å². The lowest BCUT2D eigenvalue weighted by molar-refractivity contribution is -0.200. The molecule has 1 aromatic heterocycles. The van der Waals surface area contributed by atoms with E-state index in [4.69, 9.17) is 14.2 Å². The molecule has 6 amide bonds. The molecule has 400 valence electrons. The third-order valence-electron chi connectivity index (χ3n) is 15.9. The number of carbonyl (C=O) groups excluding carboxylic acids is 8. The molecule has 9 rings (SSSR count). The van der Waals surface area contributed by atoms with Crippen LogP contribution in [0.4, 0.5) is 16.2 Å². The maximum atomic E-state index is 14.0. The van der Waals surface area contributed by atoms with Gasteiger partial charge in [0.1, 0.15) is 19.3 Å². The highest BCUT2D eigenvalue weighted by atomic mass is 32.1. The first kappa shape index (κ1) is 53.6. The Morgan fingerprint density at radius 2 is 1.71 bits per heavy atom. The number of carbonyl (C=O) groups is 9. The zero-order valence-corrected chi connectivity index (χ0v) is 42.5. The summed E-state index contributed by atoms with van der Waals surface area (Å²) in [6.45, 7) is 2.46. The molecule has 3 heterocycles. The number of fused-ring (bicyclic) bond motifs is 7. The number of hydrogen-bond acceptors (Lipinski definition) is 16. The van der Waals surface area contributed by atoms with Crippen molar-refractivity contribution in [1.29, 1.82) is 0 Å². The van der Waals surface area contributed by atoms with Crippen molar-refractivity contribution in [3.05, 3.63) is 112 Å². The van der Waals surface area contributed by atoms with Gasteiger partial charge in [-0.05, 0) is 91.5 Å². The summed E-state index contributed by atoms with van der Waals surface area (Å²) in [6.07, 6.45) is 7.58. The SMILES string of the molecule is C[C@]12C=CC(=O)C=C1CC[C@@H]1[C@@H]2[C@@H](O)C[C@@]2(C)[C@H]1C[C@H]1O[C@@H](c3cnc(Cc4cccc(NC(=O)OCc5ccc(NC(=O)[C@H](CCC(=O)O)NC(=O)CNC(=O)CCN6C(=O)C=CC6=O)cc5)c4)s3)O[C@]12C(=O)CO. The number of aliphatic hydroxyl groups excluding tert-OH is 2. The maximum Gasteiger partial charge on any atom is 0.411 e. The lowest BCUT2D eigenvalue weighted by Gasteiger charge is -2.59. The van der Waals surface area contributed by atoms with Crippen LogP contribution >= 0.6 is 11.3 Å². The van der Waals surface area contributed by atoms with Gasteiger partial charge in [-0.2, -0.15) is 0 Å². The number of ketones is 2. The van der Waals surface area contributed by atoms with E-state index in [1.807, 2.05) is 19.1 Å². The number of rotatable bonds is 19. The highest BCUT2D eigenvalue weighted by Crippen LogP contribution is 2.70. The first-order valence-corrected chi connectivity index (χ1v) is 25.9. The molecular weight excluding hydrogens is 1000 g/mol. The molecule has 76 heavy (non-hydrogen) atoms. The van der Waals surface area contributed by atoms with Crippen LogP contribution in [-0.4, -0.2) is 122 Å². The minimum atomic E-state index is -1.49. The maximum absolute atomic E-state index is 14.0. The van der Waals surface area contributed by atoms with Gasteiger partial charge in [-0.1, -0.05) is 49.8 Å². The van der Waals surface area contributed by atoms with Gasteiger partial charge < -0.3 is 45.5 Å². The van der Waals surface area contributed by atoms with Crippen molar-refractivity contribution in [2.24, 2.45) is 28.6 Å². The smallest absolute Gasteiger partial charge is 0.411 e. The average Bonchev–Trinajstić information content (AvgIpc) is 4.25. The molecule has 2 aromatic carbocycles. The topological polar surface area (TPSA) is 306 Å². The number of nitrogens with one attached hydrogen (secondary N) is 4. The number of Topliss-reactive ketones (excluding diaryl/α,β-unsaturated/α-hetero) is 1. The Labute approximate surface area is 440 Å². The number of anilines is 2. The third-order valence-corrected chi connectivity index (χ3v) is 16.9. The average molecular weight is 1060 g/mol. The highest BCUT2D eigenvalue weighted by Gasteiger charge is 2.76. The first-order chi connectivity index (χ1) is 36.3. The van der Waals surface area contributed by atoms with Crippen molar-refractivity contribution in [1.82, 2.24) is 20.5 Å². The van der Waals surface area contributed by atoms with Gasteiger partial charge in [-0.3, -0.25) is 48.6 Å². The minimum Gasteiger partial charge on any atom is -0.481 e. The number of amides is 6. The summed E-state index contributed by atoms with van der Waals surface area (Å²) in [5.74, 6) is -5.13. The van der Waals surface area contributed by atoms with Crippen LogP contribution in [0.1, 0.15) is 86.1 Å². The molecule has 4 fully saturated rings. The van der Waals surface area contributed by atoms with E-state index in [0.29, 0.717) is 46.1 Å². The number of allylic oxidation sites excluding steroid dienone is 4. The van der Waals surface area contributed by atoms with Gasteiger partial charge in [-0.25, -0.2) is 9.78 Å². The normalized spacial score (nSPS) is 28.3. The first-order valence-electron chi connectivity index (χ1n) is 25.1. The molecule has 3 saturated carbocycles. The number of carboxylic acids is 1. The summed E-state index contributed by atoms with van der Waals surface area (Å²) in [7, 11) is 0. The van der Waals surface area contributed by atoms with Gasteiger partial charge >= 0.3 is 12.1 Å². The second-order valence-electron chi connectivity index (χ2n) is 20.5. The number of aromatic nitrogens is 1. The molecule has 21 nitrogen and oxygen atoms in total. The standard InChI is InChI=1S/C54H58N6O15S/c1-52-18-16-34(62)22-31(52)8-11-35-36-23-41-54(40(64)27-61,53(36,2)24-38(63)48(35)52)75-50(74-41)39-25-56-44(76-39)21-30-4-3-5-33(20-30)58-51(72)73-28-29-6-9-32(10-7-29)57-49(71)37(12-15-47(69)70)59-43(66)26-55-42(65)17-19-60-45(67)13-14-46(60)68/h3-7,9-10,13-14,16,18,20,22,25,35-38,41,48,50,61,63H,8,11-12,15,17,19,21,23-24,26-28H2,1-2H3,(H,55,65)(H,57,71)(H,58,72)(H,59,66)(H,69,70)/t35-,36-,37-,38-,41+,48+,50+,52-,53-,54+/m0/s1. The van der Waals surface area contributed by atoms with E-state index < -0.39 is 108 Å². The largest absolute Gasteiger partial charge is 0.481 e. The van der Waals surface area contributed by atoms with Crippen molar-refractivity contribution in [3.63, 3.8) is 0 Å². The molecule has 0 radical (unpaired) electrons. The lowest BCUT2D eigenvalue weighted by Crippen LogP contribution is -2.63. The van der Waals surface area contributed by atoms with E-state index in [2.05, 4.69) is 33.2 Å². The van der Waals surface area contributed by atoms with Crippen molar-refractivity contribution < 1.29 is 72.7 Å². The summed E-state index contributed by atoms with van der Waals surface area (Å²) < 4.78 is 18.8. The minimum absolute atomic E-state index is 0.0300. The van der Waals surface area contributed by atoms with Gasteiger partial charge in [0.25, 0.3) is 11.8 Å². The van der Waals surface area contributed by atoms with Crippen molar-refractivity contribution >= 4 is 75.9 Å². The summed E-state index contributed by atoms with van der Waals surface area (Å²) in [5.41, 5.74) is 0.347. The molecule has 0 spiro atoms. The summed E-state index contributed by atoms with van der Waals surface area (Å²) in [5, 5.41) is 42.4. The van der Waals surface area contributed by atoms with Gasteiger partial charge in [-0.15, -0.1) is 11.3 Å². The fraction of sp³-hybridized carbons (Fsp3) is 0.444. The number of aliphatic hydroxyl groups is 2. The molecule has 0 bridgehead atoms. The molecule has 10 atom stereocenters. The zero-order chi connectivity index (χ0) is 54.1. The molecule has 1 saturated heterocycles. The van der Waals surface area contributed by atoms with Crippen molar-refractivity contribution in [2.75, 3.05) is 30.3 Å². The number of benzene rings is 2. The summed E-state index contributed by atoms with van der Waals surface area (Å²) in [6, 6.07) is 12.1. The summed E-state index contributed by atoms with van der Waals surface area (Å²) >= 11 is 1.36. The van der Waals surface area contributed by atoms with E-state index in [1.165, 1.54) is 23.5 Å². The monoisotopic (exact) mass is 1060 g/mol. The van der Waals surface area contributed by atoms with Gasteiger partial charge in [0.15, 0.2) is 23.5 Å². The predicted molar refractivity (Wildman–Crippen MR) is 269 cm³/mol. The van der Waals surface area contributed by atoms with E-state index in [0.717, 1.165) is 34.6 Å². The van der Waals surface area contributed by atoms with Crippen molar-refractivity contribution in [3.8, 4) is 0 Å². The van der Waals surface area contributed by atoms with Gasteiger partial charge in [0.2, 0.25) is 17.7 Å². The number of aliphatic carboxylic acids is 1. The van der Waals surface area contributed by atoms with E-state index in [-0.39, 0.29) is 56.0 Å². The Balaban J connectivity index is 0.750. The molecule has 2 aliphatic heterocycles. The fourth-order valence-electron chi connectivity index (χ4n) is 12.4. The number of hydrogen-bond donors (Lipinski definition) is 7. The van der Waals surface area contributed by atoms with Crippen LogP contribution in [-0.2, 0) is 65.6 Å². The van der Waals surface area contributed by atoms with Crippen LogP contribution in [0, 0.1) is 28.6 Å². The second-order valence-corrected chi connectivity index (χ2v) is 21.6. The number of ether oxygens (including phenoxy) is 3. The Bertz CT molecular complexity index is 2940. The van der Waals surface area contributed by atoms with Crippen LogP contribution in [0.2, 0.25) is 0 Å². The second kappa shape index (κ2) is 21.8. The Morgan fingerprint density at radius 1 is 0.947 bits per heavy atom. The molecule has 3 aromatic rings. The van der Waals surface area contributed by atoms with Crippen LogP contribution < -0.4 is 21.3 Å². The Morgan fingerprint density at radius 3 is 2.45 bits per heavy atom. The molecule has 22 heteroatoms. The van der Waals surface area contributed by atoms with Gasteiger partial charge in [0, 0.05) is 72.3 Å². The molecule has 4 aliphatic carbocycles. The van der Waals surface area contributed by atoms with Crippen LogP contribution in [0.25, 0.3) is 0 Å². The third kappa shape index (κ3) is 10.6. The summed E-state index contributed by atoms with van der Waals surface area (Å²) in [4.78, 5) is 118. The fourth-order valence-corrected chi connectivity index (χ4v) is 13.3. The Kier molecular flexibility index (Phi) is 15.4. The molecule has 7 N–H and O–H groups in total. The van der Waals surface area contributed by atoms with E-state index in [1.54, 1.807) is 48.7 Å². The molecule has 6 aliphatic rings. The lowest BCUT2D eigenvalue weighted by atomic mass is 9.46. The van der Waals surface area contributed by atoms with Crippen LogP contribution in [0.3, 0.4) is 0 Å². The van der Waals surface area contributed by atoms with E-state index >= 15 is 0 Å². The van der Waals surface area contributed by atoms with Gasteiger partial charge in [0.05, 0.1) is 28.6 Å². The number of imide groups is 1. The molecule has 0 unspecified atom stereocenters. The molecular formula is C54H58N6O15S. The number of carboxylic acid groups (broad SMARTS) is 1. The van der Waals surface area contributed by atoms with Crippen molar-refractivity contribution in [2.45, 2.75) is 102 Å². The Hall–Kier alpha value is -7.24. The zero-order valence-electron chi connectivity index (χ0n) is 41.7. The number of thiazole rings is 1. The highest BCUT2D eigenvalue weighted by molar-refractivity contribution is 7.11. The quantitative estimate of drug-likeness (QED) is 0.0840. The van der Waals surface area contributed by atoms with Crippen LogP contribution in [0.5, 0.6) is 0 Å².